The van der Waals surface area contributed by atoms with Crippen molar-refractivity contribution in [3.63, 3.8) is 0 Å². The van der Waals surface area contributed by atoms with E-state index in [1.54, 1.807) is 12.1 Å². The number of anilines is 1. The molecule has 1 aliphatic heterocycles. The summed E-state index contributed by atoms with van der Waals surface area (Å²) in [6.45, 7) is 1.52. The summed E-state index contributed by atoms with van der Waals surface area (Å²) in [5.74, 6) is 0.376. The standard InChI is InChI=1S/C22H18FN3OS/c23-16-9-7-14(8-10-16)17-13-28-22-20(17)21(27)24-19(25-22)12-26-11-3-5-15-4-1-2-6-18(15)26/h1-2,4,6-10,13H,3,5,11-12H2,(H,24,25,27). The lowest BCUT2D eigenvalue weighted by molar-refractivity contribution is 0.628. The van der Waals surface area contributed by atoms with Crippen molar-refractivity contribution < 1.29 is 4.39 Å². The number of halogens is 1. The number of hydrogen-bond acceptors (Lipinski definition) is 4. The van der Waals surface area contributed by atoms with Crippen molar-refractivity contribution in [3.05, 3.63) is 81.5 Å². The van der Waals surface area contributed by atoms with Crippen molar-refractivity contribution in [2.45, 2.75) is 19.4 Å². The molecule has 0 atom stereocenters. The number of fused-ring (bicyclic) bond motifs is 2. The van der Waals surface area contributed by atoms with Gasteiger partial charge in [0.2, 0.25) is 0 Å². The van der Waals surface area contributed by atoms with Crippen LogP contribution < -0.4 is 10.5 Å². The van der Waals surface area contributed by atoms with E-state index >= 15 is 0 Å². The number of benzene rings is 2. The van der Waals surface area contributed by atoms with Crippen LogP contribution >= 0.6 is 11.3 Å². The number of nitrogens with zero attached hydrogens (tertiary/aromatic N) is 2. The lowest BCUT2D eigenvalue weighted by atomic mass is 10.0. The van der Waals surface area contributed by atoms with Crippen LogP contribution in [0.25, 0.3) is 21.3 Å². The fourth-order valence-corrected chi connectivity index (χ4v) is 4.83. The van der Waals surface area contributed by atoms with E-state index in [1.807, 2.05) is 11.4 Å². The Morgan fingerprint density at radius 1 is 1.14 bits per heavy atom. The van der Waals surface area contributed by atoms with Crippen LogP contribution in [0.3, 0.4) is 0 Å². The topological polar surface area (TPSA) is 49.0 Å². The fraction of sp³-hybridized carbons (Fsp3) is 0.182. The van der Waals surface area contributed by atoms with Gasteiger partial charge in [-0.05, 0) is 42.2 Å². The summed E-state index contributed by atoms with van der Waals surface area (Å²) in [6.07, 6.45) is 2.18. The summed E-state index contributed by atoms with van der Waals surface area (Å²) in [7, 11) is 0. The number of para-hydroxylation sites is 1. The first-order valence-electron chi connectivity index (χ1n) is 9.28. The Morgan fingerprint density at radius 3 is 2.82 bits per heavy atom. The van der Waals surface area contributed by atoms with Crippen molar-refractivity contribution in [1.82, 2.24) is 9.97 Å². The van der Waals surface area contributed by atoms with Crippen molar-refractivity contribution in [2.24, 2.45) is 0 Å². The zero-order valence-corrected chi connectivity index (χ0v) is 15.9. The molecule has 140 valence electrons. The first-order valence-corrected chi connectivity index (χ1v) is 10.2. The van der Waals surface area contributed by atoms with Crippen molar-refractivity contribution in [2.75, 3.05) is 11.4 Å². The van der Waals surface area contributed by atoms with Crippen LogP contribution in [-0.4, -0.2) is 16.5 Å². The number of aromatic amines is 1. The molecule has 5 rings (SSSR count). The summed E-state index contributed by atoms with van der Waals surface area (Å²) in [5.41, 5.74) is 4.02. The Kier molecular flexibility index (Phi) is 4.20. The van der Waals surface area contributed by atoms with Crippen LogP contribution in [0.1, 0.15) is 17.8 Å². The molecule has 0 amide bonds. The highest BCUT2D eigenvalue weighted by Crippen LogP contribution is 2.31. The molecule has 0 saturated carbocycles. The zero-order valence-electron chi connectivity index (χ0n) is 15.1. The number of nitrogens with one attached hydrogen (secondary N) is 1. The zero-order chi connectivity index (χ0) is 19.1. The van der Waals surface area contributed by atoms with Crippen LogP contribution in [-0.2, 0) is 13.0 Å². The lowest BCUT2D eigenvalue weighted by Gasteiger charge is -2.30. The number of thiophene rings is 1. The third kappa shape index (κ3) is 2.99. The first kappa shape index (κ1) is 17.1. The molecule has 0 radical (unpaired) electrons. The molecule has 4 aromatic rings. The number of H-pyrrole nitrogens is 1. The SMILES string of the molecule is O=c1[nH]c(CN2CCCc3ccccc32)nc2scc(-c3ccc(F)cc3)c12. The van der Waals surface area contributed by atoms with Crippen LogP contribution in [0.4, 0.5) is 10.1 Å². The molecule has 0 bridgehead atoms. The minimum atomic E-state index is -0.292. The second kappa shape index (κ2) is 6.87. The Morgan fingerprint density at radius 2 is 1.96 bits per heavy atom. The Bertz CT molecular complexity index is 1210. The smallest absolute Gasteiger partial charge is 0.260 e. The maximum atomic E-state index is 13.2. The molecule has 28 heavy (non-hydrogen) atoms. The number of rotatable bonds is 3. The van der Waals surface area contributed by atoms with Crippen LogP contribution in [0, 0.1) is 5.82 Å². The molecule has 3 heterocycles. The summed E-state index contributed by atoms with van der Waals surface area (Å²) >= 11 is 1.45. The predicted molar refractivity (Wildman–Crippen MR) is 111 cm³/mol. The van der Waals surface area contributed by atoms with Gasteiger partial charge < -0.3 is 9.88 Å². The third-order valence-electron chi connectivity index (χ3n) is 5.20. The molecule has 0 aliphatic carbocycles. The average molecular weight is 391 g/mol. The third-order valence-corrected chi connectivity index (χ3v) is 6.07. The highest BCUT2D eigenvalue weighted by Gasteiger charge is 2.19. The van der Waals surface area contributed by atoms with Crippen molar-refractivity contribution >= 4 is 27.2 Å². The van der Waals surface area contributed by atoms with E-state index in [4.69, 9.17) is 4.98 Å². The van der Waals surface area contributed by atoms with Gasteiger partial charge in [0.15, 0.2) is 0 Å². The number of aryl methyl sites for hydroxylation is 1. The van der Waals surface area contributed by atoms with Gasteiger partial charge >= 0.3 is 0 Å². The summed E-state index contributed by atoms with van der Waals surface area (Å²) < 4.78 is 13.2. The van der Waals surface area contributed by atoms with E-state index in [9.17, 15) is 9.18 Å². The number of hydrogen-bond donors (Lipinski definition) is 1. The Hall–Kier alpha value is -2.99. The molecule has 0 fully saturated rings. The quantitative estimate of drug-likeness (QED) is 0.549. The van der Waals surface area contributed by atoms with Crippen molar-refractivity contribution in [3.8, 4) is 11.1 Å². The van der Waals surface area contributed by atoms with Crippen LogP contribution in [0.5, 0.6) is 0 Å². The monoisotopic (exact) mass is 391 g/mol. The molecular weight excluding hydrogens is 373 g/mol. The van der Waals surface area contributed by atoms with Gasteiger partial charge in [-0.2, -0.15) is 0 Å². The second-order valence-corrected chi connectivity index (χ2v) is 7.86. The van der Waals surface area contributed by atoms with E-state index < -0.39 is 0 Å². The van der Waals surface area contributed by atoms with Gasteiger partial charge in [-0.1, -0.05) is 30.3 Å². The molecule has 1 N–H and O–H groups in total. The van der Waals surface area contributed by atoms with E-state index in [1.165, 1.54) is 34.7 Å². The van der Waals surface area contributed by atoms with Gasteiger partial charge in [0, 0.05) is 23.2 Å². The second-order valence-electron chi connectivity index (χ2n) is 7.00. The maximum Gasteiger partial charge on any atom is 0.260 e. The van der Waals surface area contributed by atoms with E-state index in [0.29, 0.717) is 22.6 Å². The highest BCUT2D eigenvalue weighted by atomic mass is 32.1. The van der Waals surface area contributed by atoms with Gasteiger partial charge in [-0.3, -0.25) is 4.79 Å². The number of aromatic nitrogens is 2. The molecular formula is C22H18FN3OS. The molecule has 6 heteroatoms. The maximum absolute atomic E-state index is 13.2. The first-order chi connectivity index (χ1) is 13.7. The summed E-state index contributed by atoms with van der Waals surface area (Å²) in [5, 5.41) is 2.49. The van der Waals surface area contributed by atoms with Gasteiger partial charge in [0.05, 0.1) is 11.9 Å². The fourth-order valence-electron chi connectivity index (χ4n) is 3.87. The largest absolute Gasteiger partial charge is 0.364 e. The van der Waals surface area contributed by atoms with Crippen molar-refractivity contribution in [1.29, 1.82) is 0 Å². The van der Waals surface area contributed by atoms with Crippen LogP contribution in [0.15, 0.2) is 58.7 Å². The molecule has 4 nitrogen and oxygen atoms in total. The summed E-state index contributed by atoms with van der Waals surface area (Å²) in [6, 6.07) is 14.6. The molecule has 0 spiro atoms. The minimum Gasteiger partial charge on any atom is -0.364 e. The molecule has 2 aromatic heterocycles. The molecule has 2 aromatic carbocycles. The van der Waals surface area contributed by atoms with E-state index in [-0.39, 0.29) is 11.4 Å². The molecule has 0 unspecified atom stereocenters. The van der Waals surface area contributed by atoms with E-state index in [0.717, 1.165) is 30.5 Å². The predicted octanol–water partition coefficient (Wildman–Crippen LogP) is 4.74. The minimum absolute atomic E-state index is 0.147. The van der Waals surface area contributed by atoms with Gasteiger partial charge in [0.25, 0.3) is 5.56 Å². The van der Waals surface area contributed by atoms with Gasteiger partial charge in [0.1, 0.15) is 16.5 Å². The Balaban J connectivity index is 1.51. The average Bonchev–Trinajstić information content (AvgIpc) is 3.13. The normalized spacial score (nSPS) is 13.7. The Labute approximate surface area is 165 Å². The highest BCUT2D eigenvalue weighted by molar-refractivity contribution is 7.17. The van der Waals surface area contributed by atoms with Crippen LogP contribution in [0.2, 0.25) is 0 Å². The van der Waals surface area contributed by atoms with Gasteiger partial charge in [-0.25, -0.2) is 9.37 Å². The molecule has 0 saturated heterocycles. The molecule has 1 aliphatic rings. The van der Waals surface area contributed by atoms with Gasteiger partial charge in [-0.15, -0.1) is 11.3 Å². The summed E-state index contributed by atoms with van der Waals surface area (Å²) in [4.78, 5) is 23.5. The van der Waals surface area contributed by atoms with E-state index in [2.05, 4.69) is 28.1 Å². The lowest BCUT2D eigenvalue weighted by Crippen LogP contribution is -2.30.